The first-order chi connectivity index (χ1) is 17.6. The standard InChI is InChI=1S/C27H23N5O4/c1-34-19-8-5-17(6-9-19)14-31-15-20-25(30-31)32(26(33)29-20)18-7-10-23(28-13-18)36-22-4-2-3-21-24(22)27(11-12-27)16-35-21/h2-10,13,15H,11-12,14,16H2,1H3,(H,29,33). The van der Waals surface area contributed by atoms with Gasteiger partial charge >= 0.3 is 5.69 Å². The van der Waals surface area contributed by atoms with E-state index < -0.39 is 0 Å². The zero-order valence-corrected chi connectivity index (χ0v) is 19.6. The molecule has 1 N–H and O–H groups in total. The number of nitrogens with zero attached hydrogens (tertiary/aromatic N) is 4. The van der Waals surface area contributed by atoms with Crippen molar-refractivity contribution in [2.45, 2.75) is 24.8 Å². The Morgan fingerprint density at radius 1 is 1.11 bits per heavy atom. The predicted octanol–water partition coefficient (Wildman–Crippen LogP) is 4.18. The number of imidazole rings is 1. The van der Waals surface area contributed by atoms with E-state index in [2.05, 4.69) is 15.1 Å². The molecule has 1 fully saturated rings. The van der Waals surface area contributed by atoms with Gasteiger partial charge in [-0.1, -0.05) is 18.2 Å². The summed E-state index contributed by atoms with van der Waals surface area (Å²) in [4.78, 5) is 20.1. The molecule has 0 unspecified atom stereocenters. The topological polar surface area (TPSA) is 96.2 Å². The highest BCUT2D eigenvalue weighted by atomic mass is 16.5. The summed E-state index contributed by atoms with van der Waals surface area (Å²) in [6, 6.07) is 17.3. The summed E-state index contributed by atoms with van der Waals surface area (Å²) in [7, 11) is 1.64. The van der Waals surface area contributed by atoms with Gasteiger partial charge in [-0.15, -0.1) is 0 Å². The Morgan fingerprint density at radius 2 is 1.97 bits per heavy atom. The van der Waals surface area contributed by atoms with Crippen molar-refractivity contribution in [3.8, 4) is 28.8 Å². The average molecular weight is 482 g/mol. The van der Waals surface area contributed by atoms with E-state index in [4.69, 9.17) is 14.2 Å². The summed E-state index contributed by atoms with van der Waals surface area (Å²) >= 11 is 0. The zero-order chi connectivity index (χ0) is 24.3. The summed E-state index contributed by atoms with van der Waals surface area (Å²) in [6.07, 6.45) is 5.68. The molecule has 0 saturated heterocycles. The van der Waals surface area contributed by atoms with Crippen molar-refractivity contribution in [3.63, 3.8) is 0 Å². The van der Waals surface area contributed by atoms with Crippen molar-refractivity contribution < 1.29 is 14.2 Å². The SMILES string of the molecule is COc1ccc(Cn2cc3[nH]c(=O)n(-c4ccc(Oc5cccc6c5C5(CC5)CO6)nc4)c3n2)cc1. The maximum atomic E-state index is 12.7. The molecule has 2 aromatic carbocycles. The lowest BCUT2D eigenvalue weighted by atomic mass is 9.97. The molecular weight excluding hydrogens is 458 g/mol. The monoisotopic (exact) mass is 481 g/mol. The molecule has 1 aliphatic carbocycles. The fraction of sp³-hybridized carbons (Fsp3) is 0.222. The molecule has 1 spiro atoms. The molecule has 9 heteroatoms. The van der Waals surface area contributed by atoms with Crippen LogP contribution in [0.25, 0.3) is 16.9 Å². The number of benzene rings is 2. The second kappa shape index (κ2) is 7.74. The van der Waals surface area contributed by atoms with Crippen molar-refractivity contribution in [1.82, 2.24) is 24.3 Å². The molecule has 1 aliphatic heterocycles. The Hall–Kier alpha value is -4.53. The number of rotatable bonds is 6. The van der Waals surface area contributed by atoms with Crippen molar-refractivity contribution in [2.75, 3.05) is 13.7 Å². The van der Waals surface area contributed by atoms with E-state index in [9.17, 15) is 4.79 Å². The second-order valence-electron chi connectivity index (χ2n) is 9.33. The van der Waals surface area contributed by atoms with Gasteiger partial charge in [0.15, 0.2) is 5.65 Å². The molecule has 0 amide bonds. The third kappa shape index (κ3) is 3.35. The van der Waals surface area contributed by atoms with Crippen molar-refractivity contribution in [1.29, 1.82) is 0 Å². The zero-order valence-electron chi connectivity index (χ0n) is 19.6. The van der Waals surface area contributed by atoms with E-state index in [0.29, 0.717) is 35.9 Å². The molecule has 1 saturated carbocycles. The Morgan fingerprint density at radius 3 is 2.72 bits per heavy atom. The summed E-state index contributed by atoms with van der Waals surface area (Å²) in [6.45, 7) is 1.28. The second-order valence-corrected chi connectivity index (χ2v) is 9.33. The molecule has 7 rings (SSSR count). The van der Waals surface area contributed by atoms with Gasteiger partial charge in [-0.3, -0.25) is 4.68 Å². The van der Waals surface area contributed by atoms with Gasteiger partial charge in [0.25, 0.3) is 0 Å². The Labute approximate surface area is 205 Å². The minimum Gasteiger partial charge on any atom is -0.497 e. The van der Waals surface area contributed by atoms with Gasteiger partial charge in [-0.2, -0.15) is 5.10 Å². The van der Waals surface area contributed by atoms with Crippen LogP contribution in [0.1, 0.15) is 24.0 Å². The van der Waals surface area contributed by atoms with Crippen LogP contribution in [0, 0.1) is 0 Å². The van der Waals surface area contributed by atoms with Crippen LogP contribution in [0.3, 0.4) is 0 Å². The quantitative estimate of drug-likeness (QED) is 0.391. The lowest BCUT2D eigenvalue weighted by molar-refractivity contribution is 0.323. The van der Waals surface area contributed by atoms with Crippen LogP contribution in [0.4, 0.5) is 0 Å². The van der Waals surface area contributed by atoms with Crippen molar-refractivity contribution >= 4 is 11.2 Å². The fourth-order valence-electron chi connectivity index (χ4n) is 4.92. The Balaban J connectivity index is 1.16. The summed E-state index contributed by atoms with van der Waals surface area (Å²) < 4.78 is 20.6. The van der Waals surface area contributed by atoms with E-state index in [1.807, 2.05) is 54.7 Å². The largest absolute Gasteiger partial charge is 0.497 e. The molecule has 4 heterocycles. The van der Waals surface area contributed by atoms with Crippen LogP contribution in [0.15, 0.2) is 71.8 Å². The maximum Gasteiger partial charge on any atom is 0.332 e. The van der Waals surface area contributed by atoms with E-state index in [0.717, 1.165) is 41.2 Å². The fourth-order valence-corrected chi connectivity index (χ4v) is 4.92. The van der Waals surface area contributed by atoms with E-state index in [1.165, 1.54) is 4.57 Å². The highest BCUT2D eigenvalue weighted by molar-refractivity contribution is 5.72. The first-order valence-electron chi connectivity index (χ1n) is 11.8. The number of aromatic amines is 1. The number of nitrogens with one attached hydrogen (secondary N) is 1. The predicted molar refractivity (Wildman–Crippen MR) is 132 cm³/mol. The third-order valence-corrected chi connectivity index (χ3v) is 6.97. The van der Waals surface area contributed by atoms with E-state index in [-0.39, 0.29) is 11.1 Å². The van der Waals surface area contributed by atoms with Crippen LogP contribution in [-0.4, -0.2) is 38.0 Å². The lowest BCUT2D eigenvalue weighted by Gasteiger charge is -2.12. The smallest absolute Gasteiger partial charge is 0.332 e. The van der Waals surface area contributed by atoms with E-state index in [1.54, 1.807) is 24.1 Å². The summed E-state index contributed by atoms with van der Waals surface area (Å²) in [5, 5.41) is 4.64. The van der Waals surface area contributed by atoms with Crippen LogP contribution in [0.5, 0.6) is 23.1 Å². The number of pyridine rings is 1. The first kappa shape index (κ1) is 20.8. The van der Waals surface area contributed by atoms with E-state index >= 15 is 0 Å². The molecule has 0 radical (unpaired) electrons. The van der Waals surface area contributed by atoms with Crippen LogP contribution >= 0.6 is 0 Å². The Kier molecular flexibility index (Phi) is 4.47. The van der Waals surface area contributed by atoms with Crippen molar-refractivity contribution in [3.05, 3.63) is 88.6 Å². The minimum atomic E-state index is -0.270. The normalized spacial score (nSPS) is 15.1. The van der Waals surface area contributed by atoms with Gasteiger partial charge < -0.3 is 19.2 Å². The number of methoxy groups -OCH3 is 1. The number of fused-ring (bicyclic) bond motifs is 3. The van der Waals surface area contributed by atoms with Gasteiger partial charge in [-0.25, -0.2) is 14.3 Å². The summed E-state index contributed by atoms with van der Waals surface area (Å²) in [5.41, 5.74) is 3.84. The van der Waals surface area contributed by atoms with Gasteiger partial charge in [0.05, 0.1) is 38.3 Å². The molecule has 36 heavy (non-hydrogen) atoms. The molecule has 3 aromatic heterocycles. The number of hydrogen-bond acceptors (Lipinski definition) is 6. The molecular formula is C27H23N5O4. The first-order valence-corrected chi connectivity index (χ1v) is 11.8. The highest BCUT2D eigenvalue weighted by Crippen LogP contribution is 2.58. The van der Waals surface area contributed by atoms with Gasteiger partial charge in [0.1, 0.15) is 22.8 Å². The van der Waals surface area contributed by atoms with Crippen LogP contribution < -0.4 is 19.9 Å². The molecule has 180 valence electrons. The third-order valence-electron chi connectivity index (χ3n) is 6.97. The molecule has 0 atom stereocenters. The number of aromatic nitrogens is 5. The number of ether oxygens (including phenoxy) is 3. The summed E-state index contributed by atoms with van der Waals surface area (Å²) in [5.74, 6) is 2.94. The maximum absolute atomic E-state index is 12.7. The van der Waals surface area contributed by atoms with Gasteiger partial charge in [0.2, 0.25) is 5.88 Å². The van der Waals surface area contributed by atoms with Crippen LogP contribution in [-0.2, 0) is 12.0 Å². The molecule has 5 aromatic rings. The molecule has 2 aliphatic rings. The lowest BCUT2D eigenvalue weighted by Crippen LogP contribution is -2.16. The van der Waals surface area contributed by atoms with Gasteiger partial charge in [-0.05, 0) is 48.7 Å². The van der Waals surface area contributed by atoms with Gasteiger partial charge in [0, 0.05) is 17.0 Å². The average Bonchev–Trinajstić information content (AvgIpc) is 3.30. The molecule has 0 bridgehead atoms. The molecule has 9 nitrogen and oxygen atoms in total. The van der Waals surface area contributed by atoms with Crippen LogP contribution in [0.2, 0.25) is 0 Å². The van der Waals surface area contributed by atoms with Crippen molar-refractivity contribution in [2.24, 2.45) is 0 Å². The number of hydrogen-bond donors (Lipinski definition) is 1. The number of H-pyrrole nitrogens is 1. The highest BCUT2D eigenvalue weighted by Gasteiger charge is 2.52. The minimum absolute atomic E-state index is 0.0978. The Bertz CT molecular complexity index is 1640.